The van der Waals surface area contributed by atoms with Crippen molar-refractivity contribution in [2.75, 3.05) is 31.5 Å². The maximum atomic E-state index is 9.71. The zero-order chi connectivity index (χ0) is 18.7. The molecule has 0 aliphatic heterocycles. The number of aromatic nitrogens is 3. The van der Waals surface area contributed by atoms with Gasteiger partial charge in [0.1, 0.15) is 11.9 Å². The van der Waals surface area contributed by atoms with E-state index < -0.39 is 0 Å². The summed E-state index contributed by atoms with van der Waals surface area (Å²) in [5.41, 5.74) is 5.08. The Kier molecular flexibility index (Phi) is 5.38. The Hall–Kier alpha value is -2.65. The number of fused-ring (bicyclic) bond motifs is 3. The third kappa shape index (κ3) is 2.99. The summed E-state index contributed by atoms with van der Waals surface area (Å²) in [6, 6.07) is 6.26. The molecule has 0 bridgehead atoms. The summed E-state index contributed by atoms with van der Waals surface area (Å²) in [7, 11) is 0. The van der Waals surface area contributed by atoms with Crippen LogP contribution in [0.3, 0.4) is 0 Å². The highest BCUT2D eigenvalue weighted by molar-refractivity contribution is 5.83. The third-order valence-electron chi connectivity index (χ3n) is 5.07. The van der Waals surface area contributed by atoms with Crippen molar-refractivity contribution in [3.05, 3.63) is 35.0 Å². The van der Waals surface area contributed by atoms with Crippen molar-refractivity contribution in [2.24, 2.45) is 0 Å². The van der Waals surface area contributed by atoms with E-state index in [-0.39, 0.29) is 0 Å². The van der Waals surface area contributed by atoms with E-state index >= 15 is 0 Å². The SMILES string of the molecule is CCc1c(C)c(C#N)c2nc3ncccc3n2c1NCCN(CC)CC. The lowest BCUT2D eigenvalue weighted by Gasteiger charge is -2.21. The second-order valence-electron chi connectivity index (χ2n) is 6.36. The van der Waals surface area contributed by atoms with Gasteiger partial charge in [-0.15, -0.1) is 0 Å². The van der Waals surface area contributed by atoms with Crippen LogP contribution in [0.5, 0.6) is 0 Å². The van der Waals surface area contributed by atoms with Crippen LogP contribution in [0.25, 0.3) is 16.8 Å². The summed E-state index contributed by atoms with van der Waals surface area (Å²) < 4.78 is 2.06. The normalized spacial score (nSPS) is 11.4. The number of hydrogen-bond donors (Lipinski definition) is 1. The van der Waals surface area contributed by atoms with E-state index in [1.807, 2.05) is 19.1 Å². The molecule has 1 N–H and O–H groups in total. The van der Waals surface area contributed by atoms with Gasteiger partial charge in [0, 0.05) is 19.3 Å². The molecule has 0 atom stereocenters. The van der Waals surface area contributed by atoms with Gasteiger partial charge in [0.15, 0.2) is 11.3 Å². The highest BCUT2D eigenvalue weighted by Crippen LogP contribution is 2.30. The monoisotopic (exact) mass is 350 g/mol. The predicted molar refractivity (Wildman–Crippen MR) is 106 cm³/mol. The van der Waals surface area contributed by atoms with Gasteiger partial charge in [0.25, 0.3) is 0 Å². The van der Waals surface area contributed by atoms with E-state index in [0.717, 1.165) is 55.1 Å². The van der Waals surface area contributed by atoms with Gasteiger partial charge in [-0.25, -0.2) is 9.97 Å². The molecule has 0 saturated carbocycles. The Labute approximate surface area is 154 Å². The number of anilines is 1. The number of nitrogens with zero attached hydrogens (tertiary/aromatic N) is 5. The van der Waals surface area contributed by atoms with Crippen LogP contribution in [0.2, 0.25) is 0 Å². The molecule has 0 saturated heterocycles. The second kappa shape index (κ2) is 7.71. The summed E-state index contributed by atoms with van der Waals surface area (Å²) >= 11 is 0. The lowest BCUT2D eigenvalue weighted by molar-refractivity contribution is 0.316. The number of hydrogen-bond acceptors (Lipinski definition) is 5. The number of likely N-dealkylation sites (N-methyl/N-ethyl adjacent to an activating group) is 1. The first-order valence-electron chi connectivity index (χ1n) is 9.31. The van der Waals surface area contributed by atoms with Crippen LogP contribution in [0.4, 0.5) is 5.82 Å². The Morgan fingerprint density at radius 1 is 1.27 bits per heavy atom. The van der Waals surface area contributed by atoms with Gasteiger partial charge in [0.05, 0.1) is 11.1 Å². The first-order valence-corrected chi connectivity index (χ1v) is 9.31. The quantitative estimate of drug-likeness (QED) is 0.707. The van der Waals surface area contributed by atoms with Gasteiger partial charge in [-0.1, -0.05) is 20.8 Å². The molecule has 6 nitrogen and oxygen atoms in total. The van der Waals surface area contributed by atoms with Gasteiger partial charge in [0.2, 0.25) is 0 Å². The Morgan fingerprint density at radius 3 is 2.69 bits per heavy atom. The number of nitrogens with one attached hydrogen (secondary N) is 1. The minimum absolute atomic E-state index is 0.633. The Balaban J connectivity index is 2.18. The van der Waals surface area contributed by atoms with Crippen molar-refractivity contribution in [1.29, 1.82) is 5.26 Å². The summed E-state index contributed by atoms with van der Waals surface area (Å²) in [6.07, 6.45) is 2.59. The summed E-state index contributed by atoms with van der Waals surface area (Å²) in [4.78, 5) is 11.4. The molecule has 0 fully saturated rings. The molecule has 6 heteroatoms. The molecule has 3 aromatic rings. The molecule has 3 heterocycles. The average molecular weight is 350 g/mol. The van der Waals surface area contributed by atoms with Gasteiger partial charge in [-0.2, -0.15) is 5.26 Å². The van der Waals surface area contributed by atoms with Gasteiger partial charge < -0.3 is 10.2 Å². The van der Waals surface area contributed by atoms with Gasteiger partial charge in [-0.3, -0.25) is 4.40 Å². The average Bonchev–Trinajstić information content (AvgIpc) is 3.04. The van der Waals surface area contributed by atoms with Crippen LogP contribution in [0.15, 0.2) is 18.3 Å². The van der Waals surface area contributed by atoms with E-state index in [9.17, 15) is 5.26 Å². The van der Waals surface area contributed by atoms with Gasteiger partial charge >= 0.3 is 0 Å². The highest BCUT2D eigenvalue weighted by Gasteiger charge is 2.20. The van der Waals surface area contributed by atoms with Crippen molar-refractivity contribution >= 4 is 22.6 Å². The van der Waals surface area contributed by atoms with Gasteiger partial charge in [-0.05, 0) is 49.7 Å². The molecule has 0 amide bonds. The summed E-state index contributed by atoms with van der Waals surface area (Å²) in [5, 5.41) is 13.3. The maximum absolute atomic E-state index is 9.71. The molecule has 0 radical (unpaired) electrons. The zero-order valence-electron chi connectivity index (χ0n) is 16.0. The first-order chi connectivity index (χ1) is 12.7. The molecular weight excluding hydrogens is 324 g/mol. The molecule has 3 aromatic heterocycles. The lowest BCUT2D eigenvalue weighted by Crippen LogP contribution is -2.29. The molecule has 3 rings (SSSR count). The molecular formula is C20H26N6. The second-order valence-corrected chi connectivity index (χ2v) is 6.36. The largest absolute Gasteiger partial charge is 0.370 e. The Bertz CT molecular complexity index is 962. The maximum Gasteiger partial charge on any atom is 0.178 e. The van der Waals surface area contributed by atoms with Crippen LogP contribution < -0.4 is 5.32 Å². The van der Waals surface area contributed by atoms with E-state index in [1.54, 1.807) is 6.20 Å². The molecule has 0 spiro atoms. The fourth-order valence-electron chi connectivity index (χ4n) is 3.56. The zero-order valence-corrected chi connectivity index (χ0v) is 16.0. The number of pyridine rings is 2. The minimum Gasteiger partial charge on any atom is -0.370 e. The lowest BCUT2D eigenvalue weighted by atomic mass is 10.0. The molecule has 0 aromatic carbocycles. The van der Waals surface area contributed by atoms with Crippen molar-refractivity contribution in [3.63, 3.8) is 0 Å². The van der Waals surface area contributed by atoms with E-state index in [2.05, 4.69) is 51.4 Å². The molecule has 0 aliphatic carbocycles. The molecule has 136 valence electrons. The van der Waals surface area contributed by atoms with Crippen LogP contribution in [-0.4, -0.2) is 45.4 Å². The van der Waals surface area contributed by atoms with E-state index in [4.69, 9.17) is 0 Å². The van der Waals surface area contributed by atoms with Crippen LogP contribution in [-0.2, 0) is 6.42 Å². The summed E-state index contributed by atoms with van der Waals surface area (Å²) in [6.45, 7) is 12.4. The Morgan fingerprint density at radius 2 is 2.04 bits per heavy atom. The van der Waals surface area contributed by atoms with Crippen molar-refractivity contribution in [3.8, 4) is 6.07 Å². The van der Waals surface area contributed by atoms with Crippen molar-refractivity contribution in [1.82, 2.24) is 19.3 Å². The van der Waals surface area contributed by atoms with Crippen molar-refractivity contribution < 1.29 is 0 Å². The standard InChI is InChI=1S/C20H26N6/c1-5-15-14(4)16(13-21)20-24-18-17(9-8-10-22-18)26(20)19(15)23-11-12-25(6-2)7-3/h8-10,23H,5-7,11-12H2,1-4H3. The number of imidazole rings is 1. The summed E-state index contributed by atoms with van der Waals surface area (Å²) in [5.74, 6) is 1.03. The fraction of sp³-hybridized carbons (Fsp3) is 0.450. The molecule has 0 unspecified atom stereocenters. The molecule has 0 aliphatic rings. The predicted octanol–water partition coefficient (Wildman–Crippen LogP) is 3.38. The topological polar surface area (TPSA) is 69.2 Å². The van der Waals surface area contributed by atoms with E-state index in [1.165, 1.54) is 0 Å². The third-order valence-corrected chi connectivity index (χ3v) is 5.07. The minimum atomic E-state index is 0.633. The van der Waals surface area contributed by atoms with Crippen molar-refractivity contribution in [2.45, 2.75) is 34.1 Å². The first kappa shape index (κ1) is 18.2. The number of rotatable bonds is 7. The van der Waals surface area contributed by atoms with Crippen LogP contribution >= 0.6 is 0 Å². The highest BCUT2D eigenvalue weighted by atomic mass is 15.2. The van der Waals surface area contributed by atoms with E-state index in [0.29, 0.717) is 16.9 Å². The van der Waals surface area contributed by atoms with Crippen LogP contribution in [0.1, 0.15) is 37.5 Å². The smallest absolute Gasteiger partial charge is 0.178 e. The number of nitriles is 1. The van der Waals surface area contributed by atoms with Crippen LogP contribution in [0, 0.1) is 18.3 Å². The fourth-order valence-corrected chi connectivity index (χ4v) is 3.56. The molecule has 26 heavy (non-hydrogen) atoms.